The molecule has 0 fully saturated rings. The Kier molecular flexibility index (Phi) is 2.09. The Bertz CT molecular complexity index is 317. The maximum absolute atomic E-state index is 10.4. The number of nitrogens with one attached hydrogen (secondary N) is 1. The van der Waals surface area contributed by atoms with Crippen molar-refractivity contribution in [2.75, 3.05) is 5.32 Å². The molecule has 6 nitrogen and oxygen atoms in total. The van der Waals surface area contributed by atoms with Gasteiger partial charge in [0.25, 0.3) is 0 Å². The van der Waals surface area contributed by atoms with Gasteiger partial charge >= 0.3 is 5.97 Å². The smallest absolute Gasteiger partial charge is 0.358 e. The van der Waals surface area contributed by atoms with Gasteiger partial charge in [0.1, 0.15) is 0 Å². The van der Waals surface area contributed by atoms with Crippen LogP contribution >= 0.6 is 0 Å². The number of hydrogen-bond acceptors (Lipinski definition) is 4. The highest BCUT2D eigenvalue weighted by molar-refractivity contribution is 5.90. The first-order valence-electron chi connectivity index (χ1n) is 3.07. The van der Waals surface area contributed by atoms with Crippen LogP contribution in [0.5, 0.6) is 0 Å². The molecule has 1 heterocycles. The summed E-state index contributed by atoms with van der Waals surface area (Å²) in [5.74, 6) is -1.52. The van der Waals surface area contributed by atoms with Gasteiger partial charge in [-0.25, -0.2) is 4.79 Å². The van der Waals surface area contributed by atoms with Crippen LogP contribution in [0, 0.1) is 0 Å². The summed E-state index contributed by atoms with van der Waals surface area (Å²) in [5.41, 5.74) is -0.237. The minimum atomic E-state index is -1.20. The molecule has 12 heavy (non-hydrogen) atoms. The number of carboxylic acids is 1. The first-order chi connectivity index (χ1) is 5.59. The van der Waals surface area contributed by atoms with Gasteiger partial charge in [-0.15, -0.1) is 0 Å². The molecule has 1 aromatic heterocycles. The molecule has 0 radical (unpaired) electrons. The standard InChI is InChI=1S/C6H6N2O4/c1-3(9)7-5-2-4(6(10)11)8-12-5/h2H,1H3,(H,7,9)(H,10,11). The lowest BCUT2D eigenvalue weighted by Gasteiger charge is -1.90. The number of carboxylic acid groups (broad SMARTS) is 1. The van der Waals surface area contributed by atoms with Crippen molar-refractivity contribution in [1.82, 2.24) is 5.16 Å². The lowest BCUT2D eigenvalue weighted by Crippen LogP contribution is -2.04. The van der Waals surface area contributed by atoms with Crippen molar-refractivity contribution < 1.29 is 19.2 Å². The minimum Gasteiger partial charge on any atom is -0.476 e. The fourth-order valence-corrected chi connectivity index (χ4v) is 0.608. The third kappa shape index (κ3) is 1.82. The molecule has 0 saturated heterocycles. The van der Waals surface area contributed by atoms with E-state index in [1.54, 1.807) is 0 Å². The SMILES string of the molecule is CC(=O)Nc1cc(C(=O)O)no1. The van der Waals surface area contributed by atoms with Crippen LogP contribution in [0.3, 0.4) is 0 Å². The molecule has 1 aromatic rings. The predicted molar refractivity (Wildman–Crippen MR) is 37.8 cm³/mol. The van der Waals surface area contributed by atoms with Gasteiger partial charge in [-0.2, -0.15) is 0 Å². The molecule has 0 bridgehead atoms. The Balaban J connectivity index is 2.77. The molecule has 1 rings (SSSR count). The van der Waals surface area contributed by atoms with E-state index in [-0.39, 0.29) is 17.5 Å². The quantitative estimate of drug-likeness (QED) is 0.667. The molecule has 6 heteroatoms. The van der Waals surface area contributed by atoms with Gasteiger partial charge in [-0.05, 0) is 0 Å². The summed E-state index contributed by atoms with van der Waals surface area (Å²) >= 11 is 0. The van der Waals surface area contributed by atoms with Crippen LogP contribution in [0.15, 0.2) is 10.6 Å². The predicted octanol–water partition coefficient (Wildman–Crippen LogP) is 0.331. The number of nitrogens with zero attached hydrogens (tertiary/aromatic N) is 1. The van der Waals surface area contributed by atoms with Crippen LogP contribution < -0.4 is 5.32 Å². The fraction of sp³-hybridized carbons (Fsp3) is 0.167. The first kappa shape index (κ1) is 8.25. The average molecular weight is 170 g/mol. The van der Waals surface area contributed by atoms with Crippen molar-refractivity contribution >= 4 is 17.8 Å². The third-order valence-electron chi connectivity index (χ3n) is 1.03. The first-order valence-corrected chi connectivity index (χ1v) is 3.07. The lowest BCUT2D eigenvalue weighted by molar-refractivity contribution is -0.114. The van der Waals surface area contributed by atoms with E-state index in [0.29, 0.717) is 0 Å². The molecule has 0 aliphatic rings. The Hall–Kier alpha value is -1.85. The normalized spacial score (nSPS) is 9.42. The molecule has 0 aliphatic heterocycles. The number of carbonyl (C=O) groups is 2. The van der Waals surface area contributed by atoms with Crippen molar-refractivity contribution in [1.29, 1.82) is 0 Å². The maximum atomic E-state index is 10.4. The number of hydrogen-bond donors (Lipinski definition) is 2. The van der Waals surface area contributed by atoms with E-state index in [9.17, 15) is 9.59 Å². The summed E-state index contributed by atoms with van der Waals surface area (Å²) in [6, 6.07) is 1.13. The van der Waals surface area contributed by atoms with Crippen molar-refractivity contribution in [3.8, 4) is 0 Å². The zero-order valence-corrected chi connectivity index (χ0v) is 6.20. The molecule has 2 N–H and O–H groups in total. The van der Waals surface area contributed by atoms with Gasteiger partial charge in [-0.3, -0.25) is 10.1 Å². The highest BCUT2D eigenvalue weighted by Crippen LogP contribution is 2.08. The van der Waals surface area contributed by atoms with E-state index in [0.717, 1.165) is 6.07 Å². The second kappa shape index (κ2) is 3.04. The highest BCUT2D eigenvalue weighted by Gasteiger charge is 2.10. The van der Waals surface area contributed by atoms with E-state index in [1.807, 2.05) is 0 Å². The van der Waals surface area contributed by atoms with Crippen molar-refractivity contribution in [2.45, 2.75) is 6.92 Å². The minimum absolute atomic E-state index is 0.0277. The zero-order chi connectivity index (χ0) is 9.14. The topological polar surface area (TPSA) is 92.4 Å². The average Bonchev–Trinajstić information content (AvgIpc) is 2.34. The number of rotatable bonds is 2. The molecule has 1 amide bonds. The van der Waals surface area contributed by atoms with Gasteiger partial charge in [-0.1, -0.05) is 5.16 Å². The summed E-state index contributed by atoms with van der Waals surface area (Å²) < 4.78 is 4.47. The molecule has 0 saturated carbocycles. The number of anilines is 1. The Morgan fingerprint density at radius 2 is 2.33 bits per heavy atom. The lowest BCUT2D eigenvalue weighted by atomic mass is 10.4. The molecule has 64 valence electrons. The van der Waals surface area contributed by atoms with E-state index in [1.165, 1.54) is 6.92 Å². The number of amides is 1. The van der Waals surface area contributed by atoms with Crippen LogP contribution in [0.1, 0.15) is 17.4 Å². The van der Waals surface area contributed by atoms with Crippen LogP contribution in [-0.2, 0) is 4.79 Å². The molecule has 0 aliphatic carbocycles. The Labute approximate surface area is 67.2 Å². The van der Waals surface area contributed by atoms with E-state index in [4.69, 9.17) is 5.11 Å². The number of carbonyl (C=O) groups excluding carboxylic acids is 1. The third-order valence-corrected chi connectivity index (χ3v) is 1.03. The van der Waals surface area contributed by atoms with Gasteiger partial charge in [0, 0.05) is 13.0 Å². The summed E-state index contributed by atoms with van der Waals surface area (Å²) in [6.45, 7) is 1.28. The van der Waals surface area contributed by atoms with Crippen molar-refractivity contribution in [3.05, 3.63) is 11.8 Å². The second-order valence-electron chi connectivity index (χ2n) is 2.06. The van der Waals surface area contributed by atoms with Crippen LogP contribution in [0.2, 0.25) is 0 Å². The molecule has 0 atom stereocenters. The van der Waals surface area contributed by atoms with E-state index < -0.39 is 5.97 Å². The van der Waals surface area contributed by atoms with Gasteiger partial charge < -0.3 is 9.63 Å². The Morgan fingerprint density at radius 1 is 1.67 bits per heavy atom. The van der Waals surface area contributed by atoms with E-state index >= 15 is 0 Å². The largest absolute Gasteiger partial charge is 0.476 e. The fourth-order valence-electron chi connectivity index (χ4n) is 0.608. The molecular formula is C6H6N2O4. The monoisotopic (exact) mass is 170 g/mol. The van der Waals surface area contributed by atoms with Crippen LogP contribution in [0.4, 0.5) is 5.88 Å². The molecule has 0 spiro atoms. The van der Waals surface area contributed by atoms with Crippen LogP contribution in [0.25, 0.3) is 0 Å². The van der Waals surface area contributed by atoms with Crippen molar-refractivity contribution in [2.24, 2.45) is 0 Å². The van der Waals surface area contributed by atoms with Gasteiger partial charge in [0.15, 0.2) is 5.69 Å². The molecular weight excluding hydrogens is 164 g/mol. The second-order valence-corrected chi connectivity index (χ2v) is 2.06. The molecule has 0 aromatic carbocycles. The Morgan fingerprint density at radius 3 is 2.75 bits per heavy atom. The summed E-state index contributed by atoms with van der Waals surface area (Å²) in [4.78, 5) is 20.7. The van der Waals surface area contributed by atoms with Gasteiger partial charge in [0.2, 0.25) is 11.8 Å². The van der Waals surface area contributed by atoms with Gasteiger partial charge in [0.05, 0.1) is 0 Å². The summed E-state index contributed by atoms with van der Waals surface area (Å²) in [6.07, 6.45) is 0. The van der Waals surface area contributed by atoms with E-state index in [2.05, 4.69) is 15.0 Å². The van der Waals surface area contributed by atoms with Crippen molar-refractivity contribution in [3.63, 3.8) is 0 Å². The zero-order valence-electron chi connectivity index (χ0n) is 6.20. The summed E-state index contributed by atoms with van der Waals surface area (Å²) in [5, 5.41) is 13.8. The number of aromatic nitrogens is 1. The highest BCUT2D eigenvalue weighted by atomic mass is 16.5. The summed E-state index contributed by atoms with van der Waals surface area (Å²) in [7, 11) is 0. The van der Waals surface area contributed by atoms with Crippen LogP contribution in [-0.4, -0.2) is 22.1 Å². The number of aromatic carboxylic acids is 1. The molecule has 0 unspecified atom stereocenters. The maximum Gasteiger partial charge on any atom is 0.358 e.